The molecule has 0 unspecified atom stereocenters. The van der Waals surface area contributed by atoms with E-state index < -0.39 is 11.7 Å². The molecule has 130 valence electrons. The van der Waals surface area contributed by atoms with Crippen LogP contribution in [0.1, 0.15) is 20.7 Å². The number of hydrogen-bond donors (Lipinski definition) is 1. The molecule has 5 nitrogen and oxygen atoms in total. The van der Waals surface area contributed by atoms with Gasteiger partial charge in [-0.1, -0.05) is 54.2 Å². The number of anilines is 1. The van der Waals surface area contributed by atoms with Gasteiger partial charge in [-0.3, -0.25) is 9.59 Å². The lowest BCUT2D eigenvalue weighted by Crippen LogP contribution is -2.15. The van der Waals surface area contributed by atoms with Crippen LogP contribution in [-0.2, 0) is 0 Å². The van der Waals surface area contributed by atoms with Gasteiger partial charge in [-0.25, -0.2) is 4.39 Å². The molecule has 0 bridgehead atoms. The number of hydrogen-bond acceptors (Lipinski definition) is 5. The Morgan fingerprint density at radius 1 is 0.923 bits per heavy atom. The van der Waals surface area contributed by atoms with Gasteiger partial charge in [-0.15, -0.1) is 10.2 Å². The molecule has 0 aliphatic rings. The maximum Gasteiger partial charge on any atom is 0.259 e. The average molecular weight is 367 g/mol. The molecule has 2 aromatic carbocycles. The first kappa shape index (κ1) is 17.8. The lowest BCUT2D eigenvalue weighted by Gasteiger charge is -2.05. The third kappa shape index (κ3) is 4.52. The summed E-state index contributed by atoms with van der Waals surface area (Å²) >= 11 is 1.25. The topological polar surface area (TPSA) is 72.0 Å². The standard InChI is InChI=1S/C19H14FN3O2S/c20-15-9-5-4-8-14(15)19(25)21-17-10-11-18(23-22-17)26-12-16(24)13-6-2-1-3-7-13/h1-11H,12H2,(H,21,22,25). The molecule has 7 heteroatoms. The molecule has 0 saturated carbocycles. The fourth-order valence-corrected chi connectivity index (χ4v) is 2.85. The second-order valence-corrected chi connectivity index (χ2v) is 6.26. The number of Topliss-reactive ketones (excluding diaryl/α,β-unsaturated/α-hetero) is 1. The lowest BCUT2D eigenvalue weighted by molar-refractivity contribution is 0.101. The zero-order valence-electron chi connectivity index (χ0n) is 13.6. The third-order valence-electron chi connectivity index (χ3n) is 3.45. The first-order valence-corrected chi connectivity index (χ1v) is 8.73. The van der Waals surface area contributed by atoms with Crippen molar-refractivity contribution in [2.75, 3.05) is 11.1 Å². The first-order valence-electron chi connectivity index (χ1n) is 7.74. The minimum absolute atomic E-state index is 0.00525. The van der Waals surface area contributed by atoms with E-state index in [0.29, 0.717) is 10.6 Å². The van der Waals surface area contributed by atoms with Crippen LogP contribution < -0.4 is 5.32 Å². The summed E-state index contributed by atoms with van der Waals surface area (Å²) in [5.74, 6) is -0.771. The van der Waals surface area contributed by atoms with E-state index in [4.69, 9.17) is 0 Å². The number of ketones is 1. The third-order valence-corrected chi connectivity index (χ3v) is 4.37. The van der Waals surface area contributed by atoms with Gasteiger partial charge in [0.05, 0.1) is 11.3 Å². The highest BCUT2D eigenvalue weighted by Gasteiger charge is 2.12. The van der Waals surface area contributed by atoms with Crippen molar-refractivity contribution in [1.82, 2.24) is 10.2 Å². The maximum absolute atomic E-state index is 13.6. The van der Waals surface area contributed by atoms with Gasteiger partial charge >= 0.3 is 0 Å². The fourth-order valence-electron chi connectivity index (χ4n) is 2.14. The number of benzene rings is 2. The van der Waals surface area contributed by atoms with E-state index >= 15 is 0 Å². The molecule has 0 radical (unpaired) electrons. The van der Waals surface area contributed by atoms with Crippen LogP contribution in [0, 0.1) is 5.82 Å². The van der Waals surface area contributed by atoms with E-state index in [1.165, 1.54) is 30.0 Å². The Hall–Kier alpha value is -3.06. The van der Waals surface area contributed by atoms with Crippen LogP contribution in [0.3, 0.4) is 0 Å². The largest absolute Gasteiger partial charge is 0.305 e. The van der Waals surface area contributed by atoms with Gasteiger partial charge in [0.15, 0.2) is 11.6 Å². The number of nitrogens with zero attached hydrogens (tertiary/aromatic N) is 2. The molecule has 3 rings (SSSR count). The normalized spacial score (nSPS) is 10.3. The first-order chi connectivity index (χ1) is 12.6. The van der Waals surface area contributed by atoms with E-state index in [-0.39, 0.29) is 22.9 Å². The Bertz CT molecular complexity index is 918. The van der Waals surface area contributed by atoms with Gasteiger partial charge in [-0.2, -0.15) is 0 Å². The van der Waals surface area contributed by atoms with Gasteiger partial charge in [0.2, 0.25) is 0 Å². The van der Waals surface area contributed by atoms with Crippen molar-refractivity contribution >= 4 is 29.3 Å². The second-order valence-electron chi connectivity index (χ2n) is 5.27. The SMILES string of the molecule is O=C(CSc1ccc(NC(=O)c2ccccc2F)nn1)c1ccccc1. The lowest BCUT2D eigenvalue weighted by atomic mass is 10.2. The van der Waals surface area contributed by atoms with Crippen LogP contribution in [0.5, 0.6) is 0 Å². The van der Waals surface area contributed by atoms with Crippen LogP contribution in [-0.4, -0.2) is 27.6 Å². The predicted molar refractivity (Wildman–Crippen MR) is 97.9 cm³/mol. The van der Waals surface area contributed by atoms with Crippen molar-refractivity contribution < 1.29 is 14.0 Å². The number of rotatable bonds is 6. The number of carbonyl (C=O) groups excluding carboxylic acids is 2. The molecule has 0 fully saturated rings. The van der Waals surface area contributed by atoms with Crippen LogP contribution in [0.15, 0.2) is 71.8 Å². The van der Waals surface area contributed by atoms with Gasteiger partial charge < -0.3 is 5.32 Å². The van der Waals surface area contributed by atoms with E-state index in [0.717, 1.165) is 0 Å². The van der Waals surface area contributed by atoms with Crippen molar-refractivity contribution in [3.05, 3.63) is 83.7 Å². The van der Waals surface area contributed by atoms with Crippen molar-refractivity contribution in [3.63, 3.8) is 0 Å². The summed E-state index contributed by atoms with van der Waals surface area (Å²) in [6.07, 6.45) is 0. The van der Waals surface area contributed by atoms with E-state index in [2.05, 4.69) is 15.5 Å². The van der Waals surface area contributed by atoms with Gasteiger partial charge in [-0.05, 0) is 24.3 Å². The number of thioether (sulfide) groups is 1. The summed E-state index contributed by atoms with van der Waals surface area (Å²) < 4.78 is 13.6. The van der Waals surface area contributed by atoms with Crippen LogP contribution in [0.2, 0.25) is 0 Å². The monoisotopic (exact) mass is 367 g/mol. The summed E-state index contributed by atoms with van der Waals surface area (Å²) in [5, 5.41) is 10.9. The minimum atomic E-state index is -0.607. The number of nitrogens with one attached hydrogen (secondary N) is 1. The Labute approximate surface area is 153 Å². The molecule has 26 heavy (non-hydrogen) atoms. The number of halogens is 1. The number of carbonyl (C=O) groups is 2. The molecule has 1 amide bonds. The summed E-state index contributed by atoms with van der Waals surface area (Å²) in [4.78, 5) is 24.1. The van der Waals surface area contributed by atoms with Crippen LogP contribution >= 0.6 is 11.8 Å². The average Bonchev–Trinajstić information content (AvgIpc) is 2.68. The predicted octanol–water partition coefficient (Wildman–Crippen LogP) is 3.84. The Balaban J connectivity index is 1.58. The minimum Gasteiger partial charge on any atom is -0.305 e. The molecule has 0 spiro atoms. The highest BCUT2D eigenvalue weighted by atomic mass is 32.2. The zero-order chi connectivity index (χ0) is 18.4. The quantitative estimate of drug-likeness (QED) is 0.529. The van der Waals surface area contributed by atoms with Gasteiger partial charge in [0, 0.05) is 5.56 Å². The smallest absolute Gasteiger partial charge is 0.259 e. The molecule has 1 heterocycles. The molecule has 0 aliphatic carbocycles. The highest BCUT2D eigenvalue weighted by Crippen LogP contribution is 2.18. The molecular formula is C19H14FN3O2S. The van der Waals surface area contributed by atoms with Gasteiger partial charge in [0.25, 0.3) is 5.91 Å². The van der Waals surface area contributed by atoms with Crippen molar-refractivity contribution in [2.24, 2.45) is 0 Å². The van der Waals surface area contributed by atoms with E-state index in [9.17, 15) is 14.0 Å². The molecule has 3 aromatic rings. The van der Waals surface area contributed by atoms with Crippen molar-refractivity contribution in [2.45, 2.75) is 5.03 Å². The van der Waals surface area contributed by atoms with E-state index in [1.807, 2.05) is 18.2 Å². The van der Waals surface area contributed by atoms with Crippen molar-refractivity contribution in [3.8, 4) is 0 Å². The molecular weight excluding hydrogens is 353 g/mol. The highest BCUT2D eigenvalue weighted by molar-refractivity contribution is 7.99. The summed E-state index contributed by atoms with van der Waals surface area (Å²) in [5.41, 5.74) is 0.572. The Morgan fingerprint density at radius 2 is 1.65 bits per heavy atom. The molecule has 0 aliphatic heterocycles. The molecule has 0 atom stereocenters. The Morgan fingerprint density at radius 3 is 2.35 bits per heavy atom. The Kier molecular flexibility index (Phi) is 5.70. The second kappa shape index (κ2) is 8.35. The fraction of sp³-hybridized carbons (Fsp3) is 0.0526. The summed E-state index contributed by atoms with van der Waals surface area (Å²) in [6, 6.07) is 17.9. The van der Waals surface area contributed by atoms with E-state index in [1.54, 1.807) is 30.3 Å². The maximum atomic E-state index is 13.6. The van der Waals surface area contributed by atoms with Crippen LogP contribution in [0.4, 0.5) is 10.2 Å². The summed E-state index contributed by atoms with van der Waals surface area (Å²) in [6.45, 7) is 0. The summed E-state index contributed by atoms with van der Waals surface area (Å²) in [7, 11) is 0. The molecule has 0 saturated heterocycles. The van der Waals surface area contributed by atoms with Crippen molar-refractivity contribution in [1.29, 1.82) is 0 Å². The van der Waals surface area contributed by atoms with Gasteiger partial charge in [0.1, 0.15) is 10.8 Å². The molecule has 1 aromatic heterocycles. The number of aromatic nitrogens is 2. The molecule has 1 N–H and O–H groups in total. The number of amides is 1. The van der Waals surface area contributed by atoms with Crippen LogP contribution in [0.25, 0.3) is 0 Å². The zero-order valence-corrected chi connectivity index (χ0v) is 14.4.